The highest BCUT2D eigenvalue weighted by atomic mass is 32.2. The van der Waals surface area contributed by atoms with Crippen LogP contribution < -0.4 is 4.72 Å². The first kappa shape index (κ1) is 15.6. The molecule has 2 aromatic rings. The van der Waals surface area contributed by atoms with Gasteiger partial charge in [0.05, 0.1) is 6.42 Å². The Hall–Kier alpha value is -1.78. The molecule has 0 radical (unpaired) electrons. The van der Waals surface area contributed by atoms with Crippen molar-refractivity contribution in [2.45, 2.75) is 17.1 Å². The molecule has 0 aliphatic rings. The first-order valence-electron chi connectivity index (χ1n) is 6.01. The van der Waals surface area contributed by atoms with Gasteiger partial charge in [0, 0.05) is 24.9 Å². The molecule has 0 saturated carbocycles. The summed E-state index contributed by atoms with van der Waals surface area (Å²) in [6.07, 6.45) is 1.78. The molecule has 0 aliphatic carbocycles. The third kappa shape index (κ3) is 4.09. The van der Waals surface area contributed by atoms with Gasteiger partial charge in [-0.3, -0.25) is 4.79 Å². The van der Waals surface area contributed by atoms with Crippen LogP contribution in [0.5, 0.6) is 0 Å². The molecule has 2 rings (SSSR count). The summed E-state index contributed by atoms with van der Waals surface area (Å²) in [5.74, 6) is -0.313. The number of rotatable bonds is 7. The van der Waals surface area contributed by atoms with Gasteiger partial charge in [0.15, 0.2) is 0 Å². The number of aliphatic carboxylic acids is 1. The lowest BCUT2D eigenvalue weighted by Gasteiger charge is -2.04. The molecule has 0 aromatic carbocycles. The minimum atomic E-state index is -3.62. The Balaban J connectivity index is 1.96. The average Bonchev–Trinajstić information content (AvgIpc) is 2.99. The van der Waals surface area contributed by atoms with E-state index in [1.807, 2.05) is 0 Å². The second-order valence-corrected chi connectivity index (χ2v) is 7.46. The number of nitrogens with zero attached hydrogens (tertiary/aromatic N) is 3. The van der Waals surface area contributed by atoms with Crippen LogP contribution in [0, 0.1) is 0 Å². The maximum absolute atomic E-state index is 12.1. The van der Waals surface area contributed by atoms with E-state index in [2.05, 4.69) is 14.9 Å². The summed E-state index contributed by atoms with van der Waals surface area (Å²) < 4.78 is 28.4. The number of carbonyl (C=O) groups is 1. The molecular weight excluding hydrogens is 316 g/mol. The highest BCUT2D eigenvalue weighted by molar-refractivity contribution is 7.91. The zero-order chi connectivity index (χ0) is 15.5. The Morgan fingerprint density at radius 1 is 1.48 bits per heavy atom. The Kier molecular flexibility index (Phi) is 4.70. The van der Waals surface area contributed by atoms with Crippen molar-refractivity contribution in [3.8, 4) is 0 Å². The molecule has 0 saturated heterocycles. The number of carboxylic acids is 1. The maximum Gasteiger partial charge on any atom is 0.308 e. The monoisotopic (exact) mass is 330 g/mol. The number of nitrogens with one attached hydrogen (secondary N) is 1. The molecule has 8 nitrogen and oxygen atoms in total. The minimum absolute atomic E-state index is 0.108. The number of hydrogen-bond acceptors (Lipinski definition) is 6. The van der Waals surface area contributed by atoms with E-state index >= 15 is 0 Å². The van der Waals surface area contributed by atoms with E-state index in [0.29, 0.717) is 17.1 Å². The van der Waals surface area contributed by atoms with Gasteiger partial charge in [-0.2, -0.15) is 0 Å². The molecule has 0 bridgehead atoms. The number of aryl methyl sites for hydroxylation is 1. The summed E-state index contributed by atoms with van der Waals surface area (Å²) in [6, 6.07) is 2.92. The summed E-state index contributed by atoms with van der Waals surface area (Å²) in [5.41, 5.74) is 0. The first-order chi connectivity index (χ1) is 9.88. The Morgan fingerprint density at radius 3 is 2.86 bits per heavy atom. The second-order valence-electron chi connectivity index (χ2n) is 4.30. The molecule has 0 atom stereocenters. The van der Waals surface area contributed by atoms with Crippen molar-refractivity contribution in [1.29, 1.82) is 0 Å². The fourth-order valence-corrected chi connectivity index (χ4v) is 4.07. The van der Waals surface area contributed by atoms with Crippen LogP contribution in [0.25, 0.3) is 0 Å². The first-order valence-corrected chi connectivity index (χ1v) is 8.31. The summed E-state index contributed by atoms with van der Waals surface area (Å²) in [7, 11) is -1.84. The highest BCUT2D eigenvalue weighted by Crippen LogP contribution is 2.21. The third-order valence-electron chi connectivity index (χ3n) is 2.67. The number of sulfonamides is 1. The van der Waals surface area contributed by atoms with Gasteiger partial charge in [-0.1, -0.05) is 0 Å². The fraction of sp³-hybridized carbons (Fsp3) is 0.364. The Bertz CT molecular complexity index is 735. The van der Waals surface area contributed by atoms with Gasteiger partial charge in [0.2, 0.25) is 10.0 Å². The van der Waals surface area contributed by atoms with Crippen molar-refractivity contribution < 1.29 is 18.3 Å². The van der Waals surface area contributed by atoms with Crippen LogP contribution >= 0.6 is 11.3 Å². The van der Waals surface area contributed by atoms with Gasteiger partial charge < -0.3 is 9.67 Å². The molecule has 0 unspecified atom stereocenters. The largest absolute Gasteiger partial charge is 0.481 e. The number of carboxylic acid groups (broad SMARTS) is 1. The van der Waals surface area contributed by atoms with Crippen LogP contribution in [-0.2, 0) is 34.7 Å². The number of hydrogen-bond donors (Lipinski definition) is 2. The number of thiophene rings is 1. The van der Waals surface area contributed by atoms with Crippen LogP contribution in [0.4, 0.5) is 0 Å². The van der Waals surface area contributed by atoms with Crippen molar-refractivity contribution in [2.75, 3.05) is 6.54 Å². The van der Waals surface area contributed by atoms with Crippen LogP contribution in [0.3, 0.4) is 0 Å². The Morgan fingerprint density at radius 2 is 2.24 bits per heavy atom. The molecule has 0 aliphatic heterocycles. The van der Waals surface area contributed by atoms with Gasteiger partial charge in [0.25, 0.3) is 0 Å². The standard InChI is InChI=1S/C11H14N4O4S2/c1-15-7-12-14-9(15)4-5-13-21(18,19)11-3-2-8(20-11)6-10(16)17/h2-3,7,13H,4-6H2,1H3,(H,16,17). The smallest absolute Gasteiger partial charge is 0.308 e. The second kappa shape index (κ2) is 6.33. The van der Waals surface area contributed by atoms with Crippen molar-refractivity contribution in [1.82, 2.24) is 19.5 Å². The maximum atomic E-state index is 12.1. The topological polar surface area (TPSA) is 114 Å². The lowest BCUT2D eigenvalue weighted by atomic mass is 10.3. The van der Waals surface area contributed by atoms with Crippen LogP contribution in [0.2, 0.25) is 0 Å². The van der Waals surface area contributed by atoms with Crippen LogP contribution in [-0.4, -0.2) is 40.8 Å². The predicted molar refractivity (Wildman–Crippen MR) is 75.6 cm³/mol. The quantitative estimate of drug-likeness (QED) is 0.740. The predicted octanol–water partition coefficient (Wildman–Crippen LogP) is 0.0247. The highest BCUT2D eigenvalue weighted by Gasteiger charge is 2.17. The van der Waals surface area contributed by atoms with Gasteiger partial charge in [-0.05, 0) is 12.1 Å². The van der Waals surface area contributed by atoms with E-state index in [1.165, 1.54) is 12.1 Å². The van der Waals surface area contributed by atoms with E-state index in [9.17, 15) is 13.2 Å². The van der Waals surface area contributed by atoms with Crippen molar-refractivity contribution in [3.63, 3.8) is 0 Å². The molecule has 0 amide bonds. The van der Waals surface area contributed by atoms with Crippen molar-refractivity contribution in [3.05, 3.63) is 29.2 Å². The summed E-state index contributed by atoms with van der Waals surface area (Å²) in [4.78, 5) is 11.1. The lowest BCUT2D eigenvalue weighted by molar-refractivity contribution is -0.136. The molecular formula is C11H14N4O4S2. The van der Waals surface area contributed by atoms with Gasteiger partial charge in [0.1, 0.15) is 16.4 Å². The minimum Gasteiger partial charge on any atom is -0.481 e. The molecule has 0 fully saturated rings. The van der Waals surface area contributed by atoms with Gasteiger partial charge >= 0.3 is 5.97 Å². The van der Waals surface area contributed by atoms with Gasteiger partial charge in [-0.15, -0.1) is 21.5 Å². The lowest BCUT2D eigenvalue weighted by Crippen LogP contribution is -2.26. The third-order valence-corrected chi connectivity index (χ3v) is 5.71. The van der Waals surface area contributed by atoms with Crippen LogP contribution in [0.1, 0.15) is 10.7 Å². The zero-order valence-electron chi connectivity index (χ0n) is 11.2. The molecule has 10 heteroatoms. The fourth-order valence-electron chi connectivity index (χ4n) is 1.65. The zero-order valence-corrected chi connectivity index (χ0v) is 12.8. The van der Waals surface area contributed by atoms with E-state index in [0.717, 1.165) is 11.3 Å². The molecule has 0 spiro atoms. The van der Waals surface area contributed by atoms with E-state index in [1.54, 1.807) is 17.9 Å². The van der Waals surface area contributed by atoms with E-state index < -0.39 is 16.0 Å². The molecule has 2 aromatic heterocycles. The van der Waals surface area contributed by atoms with Gasteiger partial charge in [-0.25, -0.2) is 13.1 Å². The molecule has 2 heterocycles. The van der Waals surface area contributed by atoms with Crippen molar-refractivity contribution >= 4 is 27.3 Å². The summed E-state index contributed by atoms with van der Waals surface area (Å²) >= 11 is 0.955. The van der Waals surface area contributed by atoms with Crippen molar-refractivity contribution in [2.24, 2.45) is 7.05 Å². The number of aromatic nitrogens is 3. The van der Waals surface area contributed by atoms with Crippen LogP contribution in [0.15, 0.2) is 22.7 Å². The van der Waals surface area contributed by atoms with E-state index in [-0.39, 0.29) is 17.2 Å². The summed E-state index contributed by atoms with van der Waals surface area (Å²) in [5, 5.41) is 16.2. The molecule has 21 heavy (non-hydrogen) atoms. The average molecular weight is 330 g/mol. The Labute approximate surface area is 125 Å². The molecule has 2 N–H and O–H groups in total. The normalized spacial score (nSPS) is 11.7. The molecule has 114 valence electrons. The summed E-state index contributed by atoms with van der Waals surface area (Å²) in [6.45, 7) is 0.195. The SMILES string of the molecule is Cn1cnnc1CCNS(=O)(=O)c1ccc(CC(=O)O)s1. The van der Waals surface area contributed by atoms with E-state index in [4.69, 9.17) is 5.11 Å².